The average Bonchev–Trinajstić information content (AvgIpc) is 3.23. The molecule has 0 radical (unpaired) electrons. The van der Waals surface area contributed by atoms with Gasteiger partial charge in [-0.3, -0.25) is 0 Å². The minimum Gasteiger partial charge on any atom is -0.493 e. The molecular formula is C23H21Cl4NO4. The predicted molar refractivity (Wildman–Crippen MR) is 128 cm³/mol. The number of rotatable bonds is 5. The Labute approximate surface area is 206 Å². The molecule has 0 unspecified atom stereocenters. The molecule has 0 N–H and O–H groups in total. The maximum absolute atomic E-state index is 6.61. The van der Waals surface area contributed by atoms with E-state index in [9.17, 15) is 0 Å². The van der Waals surface area contributed by atoms with Crippen LogP contribution >= 0.6 is 46.4 Å². The van der Waals surface area contributed by atoms with Gasteiger partial charge < -0.3 is 23.8 Å². The molecule has 0 bridgehead atoms. The van der Waals surface area contributed by atoms with E-state index in [1.54, 1.807) is 7.11 Å². The quantitative estimate of drug-likeness (QED) is 0.349. The molecular weight excluding hydrogens is 496 g/mol. The van der Waals surface area contributed by atoms with E-state index in [-0.39, 0.29) is 6.79 Å². The van der Waals surface area contributed by atoms with Gasteiger partial charge in [0.2, 0.25) is 10.6 Å². The molecule has 0 aliphatic carbocycles. The third-order valence-corrected chi connectivity index (χ3v) is 6.82. The lowest BCUT2D eigenvalue weighted by Gasteiger charge is -2.45. The molecule has 3 heterocycles. The largest absolute Gasteiger partial charge is 0.493 e. The summed E-state index contributed by atoms with van der Waals surface area (Å²) in [5, 5.41) is 0. The maximum Gasteiger partial charge on any atom is 0.231 e. The second-order valence-electron chi connectivity index (χ2n) is 7.77. The van der Waals surface area contributed by atoms with E-state index in [1.807, 2.05) is 24.3 Å². The lowest BCUT2D eigenvalue weighted by molar-refractivity contribution is 0.174. The van der Waals surface area contributed by atoms with Crippen LogP contribution < -0.4 is 18.9 Å². The summed E-state index contributed by atoms with van der Waals surface area (Å²) in [4.78, 5) is 2.13. The molecule has 0 fully saturated rings. The zero-order valence-electron chi connectivity index (χ0n) is 17.3. The standard InChI is InChI=1S/C23H21Cl4NO4/c1-29-17-4-3-14-9-16-15-11-19-18(31-12-32-19)10-13(15)5-7-28(16)22(23(25,26)27)20(14)21(17)30-8-2-6-24/h3-4,9-11,22H,2,5-8,12H2,1H3/t22-/m1/s1. The van der Waals surface area contributed by atoms with Crippen molar-refractivity contribution in [3.8, 4) is 23.0 Å². The van der Waals surface area contributed by atoms with Crippen molar-refractivity contribution in [2.45, 2.75) is 22.7 Å². The van der Waals surface area contributed by atoms with E-state index in [0.717, 1.165) is 40.3 Å². The van der Waals surface area contributed by atoms with Crippen LogP contribution in [0.1, 0.15) is 34.7 Å². The van der Waals surface area contributed by atoms with Gasteiger partial charge in [-0.2, -0.15) is 0 Å². The first-order chi connectivity index (χ1) is 15.4. The van der Waals surface area contributed by atoms with Crippen molar-refractivity contribution in [1.29, 1.82) is 0 Å². The summed E-state index contributed by atoms with van der Waals surface area (Å²) in [6.45, 7) is 1.34. The van der Waals surface area contributed by atoms with Crippen molar-refractivity contribution in [2.24, 2.45) is 0 Å². The highest BCUT2D eigenvalue weighted by Crippen LogP contribution is 2.56. The fourth-order valence-corrected chi connectivity index (χ4v) is 5.35. The first-order valence-electron chi connectivity index (χ1n) is 10.3. The van der Waals surface area contributed by atoms with Crippen LogP contribution in [0, 0.1) is 0 Å². The van der Waals surface area contributed by atoms with Gasteiger partial charge in [-0.25, -0.2) is 0 Å². The minimum atomic E-state index is -1.61. The summed E-state index contributed by atoms with van der Waals surface area (Å²) < 4.78 is 21.3. The highest BCUT2D eigenvalue weighted by molar-refractivity contribution is 6.68. The van der Waals surface area contributed by atoms with E-state index < -0.39 is 9.83 Å². The van der Waals surface area contributed by atoms with Crippen LogP contribution in [0.15, 0.2) is 24.3 Å². The maximum atomic E-state index is 6.61. The zero-order chi connectivity index (χ0) is 22.5. The molecule has 0 amide bonds. The Morgan fingerprint density at radius 3 is 2.66 bits per heavy atom. The molecule has 2 aromatic rings. The fourth-order valence-electron chi connectivity index (χ4n) is 4.56. The fraction of sp³-hybridized carbons (Fsp3) is 0.391. The number of ether oxygens (including phenoxy) is 4. The number of hydrogen-bond donors (Lipinski definition) is 0. The van der Waals surface area contributed by atoms with Gasteiger partial charge in [0.1, 0.15) is 6.04 Å². The van der Waals surface area contributed by atoms with Crippen LogP contribution in [0.25, 0.3) is 11.8 Å². The second-order valence-corrected chi connectivity index (χ2v) is 10.5. The van der Waals surface area contributed by atoms with E-state index >= 15 is 0 Å². The molecule has 5 rings (SSSR count). The highest BCUT2D eigenvalue weighted by atomic mass is 35.6. The Morgan fingerprint density at radius 2 is 1.94 bits per heavy atom. The zero-order valence-corrected chi connectivity index (χ0v) is 20.3. The number of fused-ring (bicyclic) bond motifs is 5. The van der Waals surface area contributed by atoms with Crippen molar-refractivity contribution in [1.82, 2.24) is 4.90 Å². The van der Waals surface area contributed by atoms with Crippen molar-refractivity contribution in [3.05, 3.63) is 46.5 Å². The third-order valence-electron chi connectivity index (χ3n) is 5.93. The molecule has 9 heteroatoms. The number of alkyl halides is 4. The Bertz CT molecular complexity index is 1080. The van der Waals surface area contributed by atoms with Crippen molar-refractivity contribution < 1.29 is 18.9 Å². The molecule has 3 aliphatic rings. The molecule has 0 saturated carbocycles. The topological polar surface area (TPSA) is 40.2 Å². The van der Waals surface area contributed by atoms with Crippen LogP contribution in [0.5, 0.6) is 23.0 Å². The van der Waals surface area contributed by atoms with Gasteiger partial charge in [0.05, 0.1) is 13.7 Å². The SMILES string of the molecule is COc1ccc2c(c1OCCCCl)[C@H](C(Cl)(Cl)Cl)N1CCc3cc4c(cc3C1=C2)OCO4. The molecule has 32 heavy (non-hydrogen) atoms. The Balaban J connectivity index is 1.69. The molecule has 0 saturated heterocycles. The summed E-state index contributed by atoms with van der Waals surface area (Å²) in [5.74, 6) is 3.16. The predicted octanol–water partition coefficient (Wildman–Crippen LogP) is 6.21. The van der Waals surface area contributed by atoms with E-state index in [4.69, 9.17) is 65.4 Å². The van der Waals surface area contributed by atoms with Gasteiger partial charge in [0, 0.05) is 29.2 Å². The Kier molecular flexibility index (Phi) is 5.95. The van der Waals surface area contributed by atoms with Gasteiger partial charge in [-0.1, -0.05) is 40.9 Å². The normalized spacial score (nSPS) is 18.5. The summed E-state index contributed by atoms with van der Waals surface area (Å²) >= 11 is 25.7. The third kappa shape index (κ3) is 3.73. The summed E-state index contributed by atoms with van der Waals surface area (Å²) in [7, 11) is 1.60. The molecule has 0 spiro atoms. The summed E-state index contributed by atoms with van der Waals surface area (Å²) in [5.41, 5.74) is 4.91. The second kappa shape index (κ2) is 8.60. The van der Waals surface area contributed by atoms with Crippen molar-refractivity contribution in [3.63, 3.8) is 0 Å². The number of halogens is 4. The number of methoxy groups -OCH3 is 1. The van der Waals surface area contributed by atoms with E-state index in [0.29, 0.717) is 37.0 Å². The Hall–Kier alpha value is -1.66. The number of hydrogen-bond acceptors (Lipinski definition) is 5. The minimum absolute atomic E-state index is 0.226. The molecule has 2 aromatic carbocycles. The average molecular weight is 517 g/mol. The van der Waals surface area contributed by atoms with Gasteiger partial charge in [0.25, 0.3) is 0 Å². The van der Waals surface area contributed by atoms with Gasteiger partial charge in [-0.15, -0.1) is 11.6 Å². The van der Waals surface area contributed by atoms with Gasteiger partial charge in [-0.05, 0) is 48.2 Å². The number of benzene rings is 2. The lowest BCUT2D eigenvalue weighted by Crippen LogP contribution is -2.41. The van der Waals surface area contributed by atoms with E-state index in [2.05, 4.69) is 11.0 Å². The van der Waals surface area contributed by atoms with Crippen molar-refractivity contribution >= 4 is 58.2 Å². The first kappa shape index (κ1) is 22.1. The monoisotopic (exact) mass is 515 g/mol. The van der Waals surface area contributed by atoms with E-state index in [1.165, 1.54) is 5.56 Å². The molecule has 0 aromatic heterocycles. The van der Waals surface area contributed by atoms with Crippen LogP contribution in [-0.4, -0.2) is 41.6 Å². The van der Waals surface area contributed by atoms with Gasteiger partial charge in [0.15, 0.2) is 23.0 Å². The Morgan fingerprint density at radius 1 is 1.16 bits per heavy atom. The number of nitrogens with zero attached hydrogens (tertiary/aromatic N) is 1. The van der Waals surface area contributed by atoms with Crippen LogP contribution in [0.4, 0.5) is 0 Å². The summed E-state index contributed by atoms with van der Waals surface area (Å²) in [6.07, 6.45) is 3.58. The van der Waals surface area contributed by atoms with Crippen LogP contribution in [0.3, 0.4) is 0 Å². The van der Waals surface area contributed by atoms with Crippen LogP contribution in [-0.2, 0) is 6.42 Å². The molecule has 3 aliphatic heterocycles. The molecule has 5 nitrogen and oxygen atoms in total. The van der Waals surface area contributed by atoms with Crippen LogP contribution in [0.2, 0.25) is 0 Å². The smallest absolute Gasteiger partial charge is 0.231 e. The van der Waals surface area contributed by atoms with Crippen molar-refractivity contribution in [2.75, 3.05) is 32.9 Å². The van der Waals surface area contributed by atoms with Gasteiger partial charge >= 0.3 is 0 Å². The lowest BCUT2D eigenvalue weighted by atomic mass is 9.86. The molecule has 170 valence electrons. The summed E-state index contributed by atoms with van der Waals surface area (Å²) in [6, 6.07) is 7.34. The highest BCUT2D eigenvalue weighted by Gasteiger charge is 2.46. The first-order valence-corrected chi connectivity index (χ1v) is 12.0. The molecule has 1 atom stereocenters.